The number of allylic oxidation sites excluding steroid dienone is 1. The summed E-state index contributed by atoms with van der Waals surface area (Å²) in [5.74, 6) is 0.436. The van der Waals surface area contributed by atoms with Crippen molar-refractivity contribution in [2.45, 2.75) is 18.8 Å². The van der Waals surface area contributed by atoms with Gasteiger partial charge in [-0.3, -0.25) is 4.98 Å². The summed E-state index contributed by atoms with van der Waals surface area (Å²) < 4.78 is 0. The Bertz CT molecular complexity index is 318. The Morgan fingerprint density at radius 1 is 1.54 bits per heavy atom. The molecule has 1 heterocycles. The van der Waals surface area contributed by atoms with E-state index in [1.54, 1.807) is 0 Å². The molecule has 0 fully saturated rings. The van der Waals surface area contributed by atoms with Gasteiger partial charge in [0.25, 0.3) is 0 Å². The number of fused-ring (bicyclic) bond motifs is 1. The number of hydrogen-bond donors (Lipinski definition) is 1. The maximum absolute atomic E-state index is 5.72. The molecule has 1 aliphatic rings. The Morgan fingerprint density at radius 3 is 3.31 bits per heavy atom. The molecule has 68 valence electrons. The number of rotatable bonds is 1. The molecule has 0 spiro atoms. The summed E-state index contributed by atoms with van der Waals surface area (Å²) in [5.41, 5.74) is 8.12. The highest BCUT2D eigenvalue weighted by Crippen LogP contribution is 2.25. The first kappa shape index (κ1) is 8.45. The fourth-order valence-electron chi connectivity index (χ4n) is 1.79. The first-order chi connectivity index (χ1) is 6.42. The van der Waals surface area contributed by atoms with Crippen molar-refractivity contribution in [1.82, 2.24) is 4.98 Å². The molecule has 2 rings (SSSR count). The van der Waals surface area contributed by atoms with Crippen molar-refractivity contribution < 1.29 is 0 Å². The van der Waals surface area contributed by atoms with Gasteiger partial charge in [0, 0.05) is 18.7 Å². The predicted octanol–water partition coefficient (Wildman–Crippen LogP) is 1.93. The summed E-state index contributed by atoms with van der Waals surface area (Å²) >= 11 is 0. The standard InChI is InChI=1S/C11H14N2/c12-8-10-5-2-1-4-9-6-3-7-13-11(9)10/h1,3-4,6-7,10H,2,5,8,12H2. The van der Waals surface area contributed by atoms with Crippen LogP contribution in [-0.4, -0.2) is 11.5 Å². The van der Waals surface area contributed by atoms with E-state index in [1.807, 2.05) is 12.3 Å². The highest BCUT2D eigenvalue weighted by atomic mass is 14.7. The second-order valence-electron chi connectivity index (χ2n) is 3.39. The van der Waals surface area contributed by atoms with Gasteiger partial charge < -0.3 is 5.73 Å². The van der Waals surface area contributed by atoms with E-state index in [9.17, 15) is 0 Å². The molecule has 0 bridgehead atoms. The van der Waals surface area contributed by atoms with Gasteiger partial charge in [-0.1, -0.05) is 18.2 Å². The maximum atomic E-state index is 5.72. The summed E-state index contributed by atoms with van der Waals surface area (Å²) in [6.45, 7) is 0.700. The summed E-state index contributed by atoms with van der Waals surface area (Å²) in [6.07, 6.45) is 8.43. The van der Waals surface area contributed by atoms with E-state index in [0.717, 1.165) is 12.8 Å². The van der Waals surface area contributed by atoms with E-state index in [2.05, 4.69) is 23.2 Å². The van der Waals surface area contributed by atoms with Crippen molar-refractivity contribution in [2.24, 2.45) is 5.73 Å². The third-order valence-corrected chi connectivity index (χ3v) is 2.52. The van der Waals surface area contributed by atoms with Crippen LogP contribution in [0.25, 0.3) is 6.08 Å². The molecule has 13 heavy (non-hydrogen) atoms. The quantitative estimate of drug-likeness (QED) is 0.706. The molecule has 1 atom stereocenters. The van der Waals surface area contributed by atoms with Crippen LogP contribution in [0.15, 0.2) is 24.4 Å². The third kappa shape index (κ3) is 1.63. The Kier molecular flexibility index (Phi) is 2.41. The van der Waals surface area contributed by atoms with Gasteiger partial charge in [-0.15, -0.1) is 0 Å². The van der Waals surface area contributed by atoms with Gasteiger partial charge in [0.2, 0.25) is 0 Å². The lowest BCUT2D eigenvalue weighted by molar-refractivity contribution is 0.628. The van der Waals surface area contributed by atoms with E-state index < -0.39 is 0 Å². The van der Waals surface area contributed by atoms with Crippen molar-refractivity contribution in [3.63, 3.8) is 0 Å². The van der Waals surface area contributed by atoms with Gasteiger partial charge in [0.1, 0.15) is 0 Å². The number of aromatic nitrogens is 1. The molecule has 2 heteroatoms. The van der Waals surface area contributed by atoms with Gasteiger partial charge in [-0.2, -0.15) is 0 Å². The molecule has 0 aliphatic heterocycles. The van der Waals surface area contributed by atoms with Gasteiger partial charge in [0.05, 0.1) is 5.69 Å². The monoisotopic (exact) mass is 174 g/mol. The van der Waals surface area contributed by atoms with Crippen LogP contribution in [0.3, 0.4) is 0 Å². The van der Waals surface area contributed by atoms with Gasteiger partial charge in [-0.25, -0.2) is 0 Å². The van der Waals surface area contributed by atoms with Gasteiger partial charge in [-0.05, 0) is 24.5 Å². The Hall–Kier alpha value is -1.15. The van der Waals surface area contributed by atoms with Crippen molar-refractivity contribution >= 4 is 6.08 Å². The summed E-state index contributed by atoms with van der Waals surface area (Å²) in [4.78, 5) is 4.40. The number of hydrogen-bond acceptors (Lipinski definition) is 2. The Labute approximate surface area is 78.5 Å². The molecule has 1 aromatic heterocycles. The smallest absolute Gasteiger partial charge is 0.0519 e. The molecule has 0 saturated heterocycles. The van der Waals surface area contributed by atoms with Crippen molar-refractivity contribution in [2.75, 3.05) is 6.54 Å². The first-order valence-corrected chi connectivity index (χ1v) is 4.73. The topological polar surface area (TPSA) is 38.9 Å². The lowest BCUT2D eigenvalue weighted by Crippen LogP contribution is -2.14. The third-order valence-electron chi connectivity index (χ3n) is 2.52. The highest BCUT2D eigenvalue weighted by molar-refractivity contribution is 5.53. The fraction of sp³-hybridized carbons (Fsp3) is 0.364. The lowest BCUT2D eigenvalue weighted by Gasteiger charge is -2.13. The van der Waals surface area contributed by atoms with Crippen LogP contribution in [0.4, 0.5) is 0 Å². The van der Waals surface area contributed by atoms with Crippen LogP contribution in [0.2, 0.25) is 0 Å². The summed E-state index contributed by atoms with van der Waals surface area (Å²) in [6, 6.07) is 4.08. The van der Waals surface area contributed by atoms with Crippen molar-refractivity contribution in [3.8, 4) is 0 Å². The minimum Gasteiger partial charge on any atom is -0.330 e. The van der Waals surface area contributed by atoms with E-state index in [-0.39, 0.29) is 0 Å². The molecule has 0 amide bonds. The second kappa shape index (κ2) is 3.71. The van der Waals surface area contributed by atoms with Gasteiger partial charge in [0.15, 0.2) is 0 Å². The van der Waals surface area contributed by atoms with E-state index in [1.165, 1.54) is 11.3 Å². The second-order valence-corrected chi connectivity index (χ2v) is 3.39. The van der Waals surface area contributed by atoms with E-state index in [4.69, 9.17) is 5.73 Å². The minimum atomic E-state index is 0.436. The summed E-state index contributed by atoms with van der Waals surface area (Å²) in [7, 11) is 0. The average molecular weight is 174 g/mol. The summed E-state index contributed by atoms with van der Waals surface area (Å²) in [5, 5.41) is 0. The number of pyridine rings is 1. The Morgan fingerprint density at radius 2 is 2.46 bits per heavy atom. The van der Waals surface area contributed by atoms with Crippen LogP contribution < -0.4 is 5.73 Å². The molecule has 0 saturated carbocycles. The van der Waals surface area contributed by atoms with Crippen LogP contribution >= 0.6 is 0 Å². The zero-order valence-corrected chi connectivity index (χ0v) is 7.61. The molecule has 1 aliphatic carbocycles. The lowest BCUT2D eigenvalue weighted by atomic mass is 9.98. The SMILES string of the molecule is NCC1CCC=Cc2cccnc21. The van der Waals surface area contributed by atoms with Crippen LogP contribution in [-0.2, 0) is 0 Å². The normalized spacial score (nSPS) is 20.8. The molecular formula is C11H14N2. The molecule has 0 aromatic carbocycles. The molecule has 1 aromatic rings. The molecule has 1 unspecified atom stereocenters. The van der Waals surface area contributed by atoms with Crippen LogP contribution in [0, 0.1) is 0 Å². The van der Waals surface area contributed by atoms with Gasteiger partial charge >= 0.3 is 0 Å². The zero-order chi connectivity index (χ0) is 9.10. The van der Waals surface area contributed by atoms with E-state index >= 15 is 0 Å². The average Bonchev–Trinajstić information content (AvgIpc) is 2.39. The fourth-order valence-corrected chi connectivity index (χ4v) is 1.79. The van der Waals surface area contributed by atoms with Crippen molar-refractivity contribution in [3.05, 3.63) is 35.7 Å². The molecule has 2 nitrogen and oxygen atoms in total. The molecule has 2 N–H and O–H groups in total. The van der Waals surface area contributed by atoms with Crippen molar-refractivity contribution in [1.29, 1.82) is 0 Å². The largest absolute Gasteiger partial charge is 0.330 e. The maximum Gasteiger partial charge on any atom is 0.0519 e. The molecular weight excluding hydrogens is 160 g/mol. The number of nitrogens with two attached hydrogens (primary N) is 1. The minimum absolute atomic E-state index is 0.436. The molecule has 0 radical (unpaired) electrons. The Balaban J connectivity index is 2.43. The zero-order valence-electron chi connectivity index (χ0n) is 7.61. The van der Waals surface area contributed by atoms with Crippen LogP contribution in [0.1, 0.15) is 30.0 Å². The highest BCUT2D eigenvalue weighted by Gasteiger charge is 2.15. The number of nitrogens with zero attached hydrogens (tertiary/aromatic N) is 1. The predicted molar refractivity (Wildman–Crippen MR) is 54.3 cm³/mol. The van der Waals surface area contributed by atoms with Crippen LogP contribution in [0.5, 0.6) is 0 Å². The first-order valence-electron chi connectivity index (χ1n) is 4.73. The van der Waals surface area contributed by atoms with E-state index in [0.29, 0.717) is 12.5 Å².